The van der Waals surface area contributed by atoms with Gasteiger partial charge in [-0.3, -0.25) is 18.8 Å². The number of ether oxygens (including phenoxy) is 4. The summed E-state index contributed by atoms with van der Waals surface area (Å²) in [6.45, 7) is 14.7. The number of aliphatic hydroxyl groups excluding tert-OH is 2. The molecule has 304 valence electrons. The molecule has 2 aliphatic heterocycles. The molecule has 6 rings (SSSR count). The number of carbonyl (C=O) groups is 3. The summed E-state index contributed by atoms with van der Waals surface area (Å²) in [5.74, 6) is -6.96. The van der Waals surface area contributed by atoms with E-state index in [0.29, 0.717) is 5.65 Å². The summed E-state index contributed by atoms with van der Waals surface area (Å²) in [6.07, 6.45) is 5.62. The van der Waals surface area contributed by atoms with Gasteiger partial charge in [0.25, 0.3) is 11.7 Å². The third-order valence-electron chi connectivity index (χ3n) is 11.5. The summed E-state index contributed by atoms with van der Waals surface area (Å²) in [6, 6.07) is 3.64. The third kappa shape index (κ3) is 7.10. The zero-order chi connectivity index (χ0) is 41.8. The van der Waals surface area contributed by atoms with Gasteiger partial charge >= 0.3 is 11.8 Å². The number of hydrogen-bond donors (Lipinski definition) is 5. The molecule has 5 N–H and O–H groups in total. The van der Waals surface area contributed by atoms with Crippen molar-refractivity contribution in [1.82, 2.24) is 9.38 Å². The highest BCUT2D eigenvalue weighted by Gasteiger charge is 2.50. The minimum absolute atomic E-state index is 0.0185. The Hall–Kier alpha value is -5.44. The molecule has 57 heavy (non-hydrogen) atoms. The molecule has 0 radical (unpaired) electrons. The molecule has 0 saturated heterocycles. The van der Waals surface area contributed by atoms with E-state index in [9.17, 15) is 34.8 Å². The Morgan fingerprint density at radius 1 is 0.982 bits per heavy atom. The molecule has 0 spiro atoms. The van der Waals surface area contributed by atoms with Crippen molar-refractivity contribution < 1.29 is 53.8 Å². The molecule has 2 aromatic heterocycles. The predicted molar refractivity (Wildman–Crippen MR) is 213 cm³/mol. The molecule has 14 heteroatoms. The van der Waals surface area contributed by atoms with E-state index in [1.165, 1.54) is 40.2 Å². The molecule has 1 amide bonds. The Morgan fingerprint density at radius 3 is 2.35 bits per heavy atom. The number of pyridine rings is 1. The van der Waals surface area contributed by atoms with E-state index in [0.717, 1.165) is 5.56 Å². The maximum Gasteiger partial charge on any atom is 0.312 e. The van der Waals surface area contributed by atoms with Crippen LogP contribution in [0.2, 0.25) is 0 Å². The van der Waals surface area contributed by atoms with Crippen molar-refractivity contribution >= 4 is 50.8 Å². The fourth-order valence-corrected chi connectivity index (χ4v) is 8.03. The molecule has 0 fully saturated rings. The fraction of sp³-hybridized carbons (Fsp3) is 0.442. The highest BCUT2D eigenvalue weighted by atomic mass is 16.7. The number of aliphatic hydroxyl groups is 2. The van der Waals surface area contributed by atoms with Crippen LogP contribution in [-0.2, 0) is 23.8 Å². The van der Waals surface area contributed by atoms with E-state index >= 15 is 0 Å². The Balaban J connectivity index is 1.58. The molecule has 0 unspecified atom stereocenters. The number of methoxy groups -OCH3 is 1. The van der Waals surface area contributed by atoms with E-state index in [1.54, 1.807) is 63.4 Å². The van der Waals surface area contributed by atoms with Gasteiger partial charge in [0, 0.05) is 67.3 Å². The van der Waals surface area contributed by atoms with E-state index in [4.69, 9.17) is 23.9 Å². The number of phenols is 2. The van der Waals surface area contributed by atoms with Gasteiger partial charge in [0.1, 0.15) is 40.0 Å². The standard InChI is InChI=1S/C43H51N3O11/c1-19-14-16-46-28(18-19)44-32-29-30-37(50)25(7)40-31(29)41(52)43(9,57-40)55-17-15-27(54-10)22(4)39(56-26(8)47)24(6)36(49)23(5)35(48)20(2)12-11-13-21(3)42(53)45-33(34(32)46)38(30)51/h11-18,20,22-24,27,35-36,39,48-51H,1-10H3,(H,45,53)/b12-11+,17-15+,21-13-/t20-,22+,23+,24+,27+,35+,36-,39-,43+/m1/s1. The van der Waals surface area contributed by atoms with Crippen LogP contribution in [0.1, 0.15) is 70.0 Å². The number of Topliss-reactive ketones (excluding diaryl/α,β-unsaturated/α-hetero) is 1. The second-order valence-corrected chi connectivity index (χ2v) is 15.6. The van der Waals surface area contributed by atoms with Gasteiger partial charge in [-0.1, -0.05) is 45.9 Å². The largest absolute Gasteiger partial charge is 0.507 e. The molecule has 4 heterocycles. The number of anilines is 1. The number of aromatic nitrogens is 2. The summed E-state index contributed by atoms with van der Waals surface area (Å²) < 4.78 is 25.5. The number of esters is 1. The summed E-state index contributed by atoms with van der Waals surface area (Å²) in [4.78, 5) is 45.6. The van der Waals surface area contributed by atoms with Gasteiger partial charge in [0.2, 0.25) is 0 Å². The molecule has 2 aromatic carbocycles. The summed E-state index contributed by atoms with van der Waals surface area (Å²) in [5.41, 5.74) is 2.18. The summed E-state index contributed by atoms with van der Waals surface area (Å²) in [7, 11) is 1.46. The number of aromatic hydroxyl groups is 2. The van der Waals surface area contributed by atoms with Crippen molar-refractivity contribution in [2.45, 2.75) is 92.5 Å². The van der Waals surface area contributed by atoms with Crippen LogP contribution in [0.25, 0.3) is 27.5 Å². The highest BCUT2D eigenvalue weighted by molar-refractivity contribution is 6.28. The highest BCUT2D eigenvalue weighted by Crippen LogP contribution is 2.54. The second-order valence-electron chi connectivity index (χ2n) is 15.6. The van der Waals surface area contributed by atoms with Crippen molar-refractivity contribution in [3.63, 3.8) is 0 Å². The lowest BCUT2D eigenvalue weighted by Gasteiger charge is -2.38. The first kappa shape index (κ1) is 41.2. The number of rotatable bonds is 2. The number of nitrogens with one attached hydrogen (secondary N) is 1. The normalized spacial score (nSPS) is 30.8. The van der Waals surface area contributed by atoms with Gasteiger partial charge in [-0.25, -0.2) is 4.98 Å². The lowest BCUT2D eigenvalue weighted by Crippen LogP contribution is -2.46. The number of imidazole rings is 1. The number of amides is 1. The van der Waals surface area contributed by atoms with Crippen molar-refractivity contribution in [1.29, 1.82) is 0 Å². The van der Waals surface area contributed by atoms with Crippen LogP contribution in [0.15, 0.2) is 54.5 Å². The van der Waals surface area contributed by atoms with E-state index in [1.807, 2.05) is 19.1 Å². The average molecular weight is 786 g/mol. The smallest absolute Gasteiger partial charge is 0.312 e. The fourth-order valence-electron chi connectivity index (χ4n) is 8.03. The molecule has 4 aromatic rings. The molecule has 14 nitrogen and oxygen atoms in total. The Bertz CT molecular complexity index is 2380. The number of carbonyl (C=O) groups excluding carboxylic acids is 3. The lowest BCUT2D eigenvalue weighted by atomic mass is 9.78. The first-order valence-electron chi connectivity index (χ1n) is 19.0. The van der Waals surface area contributed by atoms with Crippen LogP contribution in [-0.4, -0.2) is 84.8 Å². The van der Waals surface area contributed by atoms with Crippen LogP contribution in [0.4, 0.5) is 5.69 Å². The van der Waals surface area contributed by atoms with Crippen LogP contribution in [0.5, 0.6) is 17.2 Å². The predicted octanol–water partition coefficient (Wildman–Crippen LogP) is 6.16. The third-order valence-corrected chi connectivity index (χ3v) is 11.5. The molecule has 4 bridgehead atoms. The number of ketones is 1. The number of fused-ring (bicyclic) bond motifs is 2. The molecule has 9 atom stereocenters. The van der Waals surface area contributed by atoms with Gasteiger partial charge < -0.3 is 44.7 Å². The molecule has 0 aliphatic carbocycles. The SMILES string of the molecule is CO[C@H]1/C=C/O[C@@]2(C)Oc3c(C)c(O)c4c(O)c(c5c(nc6cc(C)ccn65)c4c3C2=O)NC(=O)/C(C)=C\C=C\[C@@H](C)[C@H](O)[C@H](C)[C@@H](O)[C@H](C)[C@H](OC(C)=O)[C@H]1C. The first-order chi connectivity index (χ1) is 26.8. The quantitative estimate of drug-likeness (QED) is 0.115. The average Bonchev–Trinajstić information content (AvgIpc) is 3.67. The van der Waals surface area contributed by atoms with Gasteiger partial charge in [-0.2, -0.15) is 0 Å². The van der Waals surface area contributed by atoms with Crippen molar-refractivity contribution in [2.75, 3.05) is 12.4 Å². The minimum atomic E-state index is -1.96. The Labute approximate surface area is 330 Å². The zero-order valence-electron chi connectivity index (χ0n) is 33.8. The first-order valence-corrected chi connectivity index (χ1v) is 19.0. The maximum absolute atomic E-state index is 14.6. The molecule has 2 aliphatic rings. The summed E-state index contributed by atoms with van der Waals surface area (Å²) >= 11 is 0. The van der Waals surface area contributed by atoms with Gasteiger partial charge in [-0.05, 0) is 44.5 Å². The minimum Gasteiger partial charge on any atom is -0.507 e. The van der Waals surface area contributed by atoms with Gasteiger partial charge in [0.15, 0.2) is 5.75 Å². The topological polar surface area (TPSA) is 198 Å². The Morgan fingerprint density at radius 2 is 1.68 bits per heavy atom. The van der Waals surface area contributed by atoms with Crippen LogP contribution < -0.4 is 10.1 Å². The monoisotopic (exact) mass is 785 g/mol. The lowest BCUT2D eigenvalue weighted by molar-refractivity contribution is -0.160. The maximum atomic E-state index is 14.6. The van der Waals surface area contributed by atoms with Crippen LogP contribution in [0, 0.1) is 37.5 Å². The van der Waals surface area contributed by atoms with Crippen LogP contribution >= 0.6 is 0 Å². The molecular weight excluding hydrogens is 734 g/mol. The number of allylic oxidation sites excluding steroid dienone is 2. The van der Waals surface area contributed by atoms with Gasteiger partial charge in [0.05, 0.1) is 35.5 Å². The van der Waals surface area contributed by atoms with E-state index < -0.39 is 77.3 Å². The number of aryl methyl sites for hydroxylation is 1. The number of nitrogens with zero attached hydrogens (tertiary/aromatic N) is 2. The van der Waals surface area contributed by atoms with Crippen LogP contribution in [0.3, 0.4) is 0 Å². The zero-order valence-corrected chi connectivity index (χ0v) is 33.8. The molecule has 0 saturated carbocycles. The number of phenolic OH excluding ortho intramolecular Hbond substituents is 2. The van der Waals surface area contributed by atoms with Crippen molar-refractivity contribution in [2.24, 2.45) is 23.7 Å². The Kier molecular flexibility index (Phi) is 11.2. The van der Waals surface area contributed by atoms with E-state index in [-0.39, 0.29) is 55.7 Å². The number of benzene rings is 2. The number of hydrogen-bond acceptors (Lipinski definition) is 12. The second kappa shape index (κ2) is 15.5. The van der Waals surface area contributed by atoms with E-state index in [2.05, 4.69) is 5.32 Å². The summed E-state index contributed by atoms with van der Waals surface area (Å²) in [5, 5.41) is 49.4. The molecular formula is C43H51N3O11. The van der Waals surface area contributed by atoms with Crippen molar-refractivity contribution in [3.8, 4) is 17.2 Å². The van der Waals surface area contributed by atoms with Gasteiger partial charge in [-0.15, -0.1) is 0 Å². The van der Waals surface area contributed by atoms with Crippen molar-refractivity contribution in [3.05, 3.63) is 71.2 Å².